The standard InChI is InChI=1S/C13H21NOS/c1-10-12(6-8-16-10)13(14-2)9-11-5-3-4-7-15-11/h6,8,11,13-14H,3-5,7,9H2,1-2H3. The van der Waals surface area contributed by atoms with Crippen LogP contribution in [0.2, 0.25) is 0 Å². The van der Waals surface area contributed by atoms with Gasteiger partial charge in [0.15, 0.2) is 0 Å². The zero-order valence-corrected chi connectivity index (χ0v) is 11.0. The first kappa shape index (κ1) is 12.1. The van der Waals surface area contributed by atoms with Crippen molar-refractivity contribution in [2.45, 2.75) is 44.8 Å². The summed E-state index contributed by atoms with van der Waals surface area (Å²) in [6, 6.07) is 2.69. The Labute approximate surface area is 102 Å². The van der Waals surface area contributed by atoms with Crippen molar-refractivity contribution in [1.82, 2.24) is 5.32 Å². The Morgan fingerprint density at radius 1 is 1.56 bits per heavy atom. The van der Waals surface area contributed by atoms with Crippen molar-refractivity contribution in [2.24, 2.45) is 0 Å². The Balaban J connectivity index is 1.97. The van der Waals surface area contributed by atoms with Gasteiger partial charge in [0, 0.05) is 17.5 Å². The highest BCUT2D eigenvalue weighted by atomic mass is 32.1. The highest BCUT2D eigenvalue weighted by Gasteiger charge is 2.21. The molecule has 0 saturated carbocycles. The molecule has 2 atom stereocenters. The molecule has 0 aliphatic carbocycles. The van der Waals surface area contributed by atoms with E-state index in [1.807, 2.05) is 18.4 Å². The number of nitrogens with one attached hydrogen (secondary N) is 1. The largest absolute Gasteiger partial charge is 0.378 e. The van der Waals surface area contributed by atoms with Crippen molar-refractivity contribution in [3.63, 3.8) is 0 Å². The third-order valence-electron chi connectivity index (χ3n) is 3.40. The van der Waals surface area contributed by atoms with E-state index in [1.165, 1.54) is 29.7 Å². The van der Waals surface area contributed by atoms with E-state index in [0.717, 1.165) is 13.0 Å². The summed E-state index contributed by atoms with van der Waals surface area (Å²) >= 11 is 1.83. The maximum Gasteiger partial charge on any atom is 0.0593 e. The van der Waals surface area contributed by atoms with Gasteiger partial charge in [-0.05, 0) is 56.7 Å². The maximum absolute atomic E-state index is 5.81. The average Bonchev–Trinajstić information content (AvgIpc) is 2.74. The molecule has 0 radical (unpaired) electrons. The van der Waals surface area contributed by atoms with E-state index < -0.39 is 0 Å². The van der Waals surface area contributed by atoms with Crippen LogP contribution < -0.4 is 5.32 Å². The lowest BCUT2D eigenvalue weighted by Gasteiger charge is -2.27. The molecule has 2 rings (SSSR count). The zero-order valence-electron chi connectivity index (χ0n) is 10.2. The quantitative estimate of drug-likeness (QED) is 0.870. The molecule has 1 N–H and O–H groups in total. The highest BCUT2D eigenvalue weighted by Crippen LogP contribution is 2.28. The molecular weight excluding hydrogens is 218 g/mol. The molecule has 1 aromatic heterocycles. The fraction of sp³-hybridized carbons (Fsp3) is 0.692. The monoisotopic (exact) mass is 239 g/mol. The fourth-order valence-corrected chi connectivity index (χ4v) is 3.18. The number of hydrogen-bond donors (Lipinski definition) is 1. The Morgan fingerprint density at radius 2 is 2.44 bits per heavy atom. The van der Waals surface area contributed by atoms with E-state index in [2.05, 4.69) is 23.7 Å². The molecule has 2 nitrogen and oxygen atoms in total. The fourth-order valence-electron chi connectivity index (χ4n) is 2.41. The summed E-state index contributed by atoms with van der Waals surface area (Å²) < 4.78 is 5.81. The van der Waals surface area contributed by atoms with Crippen LogP contribution in [0.25, 0.3) is 0 Å². The molecule has 0 amide bonds. The summed E-state index contributed by atoms with van der Waals surface area (Å²) in [6.07, 6.45) is 5.34. The summed E-state index contributed by atoms with van der Waals surface area (Å²) in [4.78, 5) is 1.43. The second-order valence-corrected chi connectivity index (χ2v) is 5.62. The molecule has 1 aliphatic rings. The van der Waals surface area contributed by atoms with Crippen LogP contribution >= 0.6 is 11.3 Å². The second-order valence-electron chi connectivity index (χ2n) is 4.50. The first-order chi connectivity index (χ1) is 7.81. The van der Waals surface area contributed by atoms with Gasteiger partial charge in [0.05, 0.1) is 6.10 Å². The van der Waals surface area contributed by atoms with Crippen LogP contribution in [0.5, 0.6) is 0 Å². The van der Waals surface area contributed by atoms with E-state index >= 15 is 0 Å². The molecule has 16 heavy (non-hydrogen) atoms. The molecular formula is C13H21NOS. The average molecular weight is 239 g/mol. The smallest absolute Gasteiger partial charge is 0.0593 e. The van der Waals surface area contributed by atoms with Gasteiger partial charge in [-0.25, -0.2) is 0 Å². The predicted octanol–water partition coefficient (Wildman–Crippen LogP) is 3.28. The molecule has 2 unspecified atom stereocenters. The summed E-state index contributed by atoms with van der Waals surface area (Å²) in [5, 5.41) is 5.60. The van der Waals surface area contributed by atoms with Gasteiger partial charge in [0.1, 0.15) is 0 Å². The molecule has 0 aromatic carbocycles. The normalized spacial score (nSPS) is 23.2. The van der Waals surface area contributed by atoms with Gasteiger partial charge in [-0.3, -0.25) is 0 Å². The van der Waals surface area contributed by atoms with Gasteiger partial charge < -0.3 is 10.1 Å². The molecule has 1 aromatic rings. The van der Waals surface area contributed by atoms with Crippen LogP contribution in [-0.4, -0.2) is 19.8 Å². The molecule has 90 valence electrons. The van der Waals surface area contributed by atoms with Crippen LogP contribution in [0.4, 0.5) is 0 Å². The van der Waals surface area contributed by atoms with Crippen molar-refractivity contribution in [3.05, 3.63) is 21.9 Å². The number of hydrogen-bond acceptors (Lipinski definition) is 3. The third-order valence-corrected chi connectivity index (χ3v) is 4.26. The van der Waals surface area contributed by atoms with E-state index in [0.29, 0.717) is 12.1 Å². The molecule has 0 bridgehead atoms. The number of thiophene rings is 1. The lowest BCUT2D eigenvalue weighted by molar-refractivity contribution is 0.00548. The first-order valence-corrected chi connectivity index (χ1v) is 7.02. The molecule has 3 heteroatoms. The minimum Gasteiger partial charge on any atom is -0.378 e. The SMILES string of the molecule is CNC(CC1CCCCO1)c1ccsc1C. The Hall–Kier alpha value is -0.380. The van der Waals surface area contributed by atoms with Crippen LogP contribution in [-0.2, 0) is 4.74 Å². The van der Waals surface area contributed by atoms with Crippen LogP contribution in [0.15, 0.2) is 11.4 Å². The van der Waals surface area contributed by atoms with Crippen molar-refractivity contribution >= 4 is 11.3 Å². The van der Waals surface area contributed by atoms with E-state index in [4.69, 9.17) is 4.74 Å². The van der Waals surface area contributed by atoms with Gasteiger partial charge >= 0.3 is 0 Å². The minimum absolute atomic E-state index is 0.450. The predicted molar refractivity (Wildman–Crippen MR) is 69.1 cm³/mol. The second kappa shape index (κ2) is 5.80. The topological polar surface area (TPSA) is 21.3 Å². The van der Waals surface area contributed by atoms with Gasteiger partial charge in [0.25, 0.3) is 0 Å². The van der Waals surface area contributed by atoms with Crippen molar-refractivity contribution < 1.29 is 4.74 Å². The zero-order chi connectivity index (χ0) is 11.4. The van der Waals surface area contributed by atoms with Crippen molar-refractivity contribution in [3.8, 4) is 0 Å². The van der Waals surface area contributed by atoms with Gasteiger partial charge in [0.2, 0.25) is 0 Å². The molecule has 0 spiro atoms. The summed E-state index contributed by atoms with van der Waals surface area (Å²) in [6.45, 7) is 3.15. The molecule has 1 fully saturated rings. The van der Waals surface area contributed by atoms with Crippen LogP contribution in [0.3, 0.4) is 0 Å². The van der Waals surface area contributed by atoms with Crippen molar-refractivity contribution in [2.75, 3.05) is 13.7 Å². The van der Waals surface area contributed by atoms with Gasteiger partial charge in [-0.1, -0.05) is 0 Å². The molecule has 1 aliphatic heterocycles. The highest BCUT2D eigenvalue weighted by molar-refractivity contribution is 7.10. The Kier molecular flexibility index (Phi) is 4.38. The van der Waals surface area contributed by atoms with Gasteiger partial charge in [-0.15, -0.1) is 11.3 Å². The van der Waals surface area contributed by atoms with Crippen LogP contribution in [0.1, 0.15) is 42.2 Å². The lowest BCUT2D eigenvalue weighted by atomic mass is 9.97. The molecule has 1 saturated heterocycles. The van der Waals surface area contributed by atoms with E-state index in [9.17, 15) is 0 Å². The van der Waals surface area contributed by atoms with Crippen molar-refractivity contribution in [1.29, 1.82) is 0 Å². The minimum atomic E-state index is 0.450. The number of ether oxygens (including phenoxy) is 1. The summed E-state index contributed by atoms with van der Waals surface area (Å²) in [5.41, 5.74) is 1.45. The first-order valence-electron chi connectivity index (χ1n) is 6.14. The Bertz CT molecular complexity index is 317. The van der Waals surface area contributed by atoms with E-state index in [-0.39, 0.29) is 0 Å². The molecule has 2 heterocycles. The maximum atomic E-state index is 5.81. The lowest BCUT2D eigenvalue weighted by Crippen LogP contribution is -2.27. The summed E-state index contributed by atoms with van der Waals surface area (Å²) in [5.74, 6) is 0. The van der Waals surface area contributed by atoms with Gasteiger partial charge in [-0.2, -0.15) is 0 Å². The van der Waals surface area contributed by atoms with E-state index in [1.54, 1.807) is 0 Å². The summed E-state index contributed by atoms with van der Waals surface area (Å²) in [7, 11) is 2.05. The Morgan fingerprint density at radius 3 is 3.00 bits per heavy atom. The number of rotatable bonds is 4. The van der Waals surface area contributed by atoms with Crippen LogP contribution in [0, 0.1) is 6.92 Å². The number of aryl methyl sites for hydroxylation is 1. The third kappa shape index (κ3) is 2.84.